The molecule has 5 heteroatoms. The van der Waals surface area contributed by atoms with E-state index in [2.05, 4.69) is 56.2 Å². The summed E-state index contributed by atoms with van der Waals surface area (Å²) in [5.74, 6) is 0.527. The second-order valence-electron chi connectivity index (χ2n) is 6.24. The Morgan fingerprint density at radius 3 is 2.35 bits per heavy atom. The predicted molar refractivity (Wildman–Crippen MR) is 97.4 cm³/mol. The van der Waals surface area contributed by atoms with Crippen molar-refractivity contribution >= 4 is 22.9 Å². The second kappa shape index (κ2) is 7.70. The van der Waals surface area contributed by atoms with Gasteiger partial charge >= 0.3 is 0 Å². The molecule has 0 aliphatic heterocycles. The monoisotopic (exact) mass is 331 g/mol. The number of para-hydroxylation sites is 1. The number of nitrogens with zero attached hydrogens (tertiary/aromatic N) is 1. The van der Waals surface area contributed by atoms with Crippen LogP contribution in [0.2, 0.25) is 0 Å². The number of carbonyl (C=O) groups excluding carboxylic acids is 1. The van der Waals surface area contributed by atoms with Crippen molar-refractivity contribution in [1.82, 2.24) is 4.98 Å². The molecule has 124 valence electrons. The summed E-state index contributed by atoms with van der Waals surface area (Å²) in [6, 6.07) is 6.21. The quantitative estimate of drug-likeness (QED) is 0.836. The largest absolute Gasteiger partial charge is 0.330 e. The van der Waals surface area contributed by atoms with Crippen LogP contribution < -0.4 is 11.1 Å². The van der Waals surface area contributed by atoms with E-state index in [0.29, 0.717) is 30.5 Å². The van der Waals surface area contributed by atoms with Crippen LogP contribution in [0.3, 0.4) is 0 Å². The Hall–Kier alpha value is -1.72. The van der Waals surface area contributed by atoms with Crippen molar-refractivity contribution < 1.29 is 4.79 Å². The van der Waals surface area contributed by atoms with Gasteiger partial charge < -0.3 is 11.1 Å². The molecule has 1 amide bonds. The van der Waals surface area contributed by atoms with Gasteiger partial charge in [-0.15, -0.1) is 11.3 Å². The highest BCUT2D eigenvalue weighted by molar-refractivity contribution is 7.09. The minimum absolute atomic E-state index is 0.153. The summed E-state index contributed by atoms with van der Waals surface area (Å²) in [6.07, 6.45) is 0.706. The number of carbonyl (C=O) groups is 1. The summed E-state index contributed by atoms with van der Waals surface area (Å²) in [5.41, 5.74) is 9.24. The van der Waals surface area contributed by atoms with E-state index in [1.54, 1.807) is 5.38 Å². The summed E-state index contributed by atoms with van der Waals surface area (Å²) in [5, 5.41) is 5.79. The van der Waals surface area contributed by atoms with Crippen LogP contribution in [0.5, 0.6) is 0 Å². The lowest BCUT2D eigenvalue weighted by atomic mass is 9.92. The van der Waals surface area contributed by atoms with Gasteiger partial charge in [0.15, 0.2) is 0 Å². The molecule has 1 heterocycles. The highest BCUT2D eigenvalue weighted by Gasteiger charge is 2.18. The Kier molecular flexibility index (Phi) is 5.91. The number of thiazole rings is 1. The van der Waals surface area contributed by atoms with E-state index in [-0.39, 0.29) is 5.91 Å². The average Bonchev–Trinajstić information content (AvgIpc) is 2.96. The molecule has 1 aromatic heterocycles. The van der Waals surface area contributed by atoms with E-state index < -0.39 is 0 Å². The first kappa shape index (κ1) is 17.6. The molecular weight excluding hydrogens is 306 g/mol. The molecule has 0 saturated heterocycles. The van der Waals surface area contributed by atoms with Gasteiger partial charge in [0.1, 0.15) is 5.69 Å². The van der Waals surface area contributed by atoms with E-state index in [1.165, 1.54) is 11.3 Å². The first-order chi connectivity index (χ1) is 10.9. The standard InChI is InChI=1S/C18H25N3OS/c1-11(2)13-6-5-7-14(12(3)4)17(13)21-18(22)15-10-23-16(20-15)8-9-19/h5-7,10-12H,8-9,19H2,1-4H3,(H,21,22). The number of anilines is 1. The van der Waals surface area contributed by atoms with Gasteiger partial charge in [0.2, 0.25) is 0 Å². The fourth-order valence-corrected chi connectivity index (χ4v) is 3.32. The minimum atomic E-state index is -0.153. The number of rotatable bonds is 6. The van der Waals surface area contributed by atoms with Crippen molar-refractivity contribution in [3.05, 3.63) is 45.4 Å². The summed E-state index contributed by atoms with van der Waals surface area (Å²) in [4.78, 5) is 17.0. The van der Waals surface area contributed by atoms with Gasteiger partial charge in [-0.25, -0.2) is 4.98 Å². The van der Waals surface area contributed by atoms with Crippen molar-refractivity contribution in [2.75, 3.05) is 11.9 Å². The highest BCUT2D eigenvalue weighted by Crippen LogP contribution is 2.32. The molecule has 0 saturated carbocycles. The van der Waals surface area contributed by atoms with Crippen LogP contribution in [0.25, 0.3) is 0 Å². The van der Waals surface area contributed by atoms with Crippen molar-refractivity contribution in [2.24, 2.45) is 5.73 Å². The van der Waals surface area contributed by atoms with Crippen molar-refractivity contribution in [2.45, 2.75) is 46.0 Å². The molecular formula is C18H25N3OS. The van der Waals surface area contributed by atoms with E-state index in [0.717, 1.165) is 21.8 Å². The fourth-order valence-electron chi connectivity index (χ4n) is 2.53. The van der Waals surface area contributed by atoms with Crippen LogP contribution in [-0.2, 0) is 6.42 Å². The molecule has 4 nitrogen and oxygen atoms in total. The van der Waals surface area contributed by atoms with Gasteiger partial charge in [0.25, 0.3) is 5.91 Å². The summed E-state index contributed by atoms with van der Waals surface area (Å²) in [6.45, 7) is 9.09. The molecule has 2 rings (SSSR count). The van der Waals surface area contributed by atoms with Gasteiger partial charge in [-0.2, -0.15) is 0 Å². The molecule has 0 spiro atoms. The zero-order chi connectivity index (χ0) is 17.0. The summed E-state index contributed by atoms with van der Waals surface area (Å²) >= 11 is 1.48. The molecule has 0 fully saturated rings. The number of amides is 1. The van der Waals surface area contributed by atoms with E-state index >= 15 is 0 Å². The van der Waals surface area contributed by atoms with Crippen LogP contribution in [0.1, 0.15) is 66.2 Å². The number of nitrogens with one attached hydrogen (secondary N) is 1. The van der Waals surface area contributed by atoms with Crippen molar-refractivity contribution in [3.63, 3.8) is 0 Å². The van der Waals surface area contributed by atoms with Gasteiger partial charge in [-0.3, -0.25) is 4.79 Å². The Morgan fingerprint density at radius 1 is 1.22 bits per heavy atom. The third-order valence-electron chi connectivity index (χ3n) is 3.75. The van der Waals surface area contributed by atoms with Crippen LogP contribution in [0.4, 0.5) is 5.69 Å². The van der Waals surface area contributed by atoms with Crippen LogP contribution >= 0.6 is 11.3 Å². The zero-order valence-electron chi connectivity index (χ0n) is 14.2. The predicted octanol–water partition coefficient (Wildman–Crippen LogP) is 4.14. The molecule has 0 aliphatic rings. The van der Waals surface area contributed by atoms with E-state index in [9.17, 15) is 4.79 Å². The van der Waals surface area contributed by atoms with Crippen LogP contribution in [0.15, 0.2) is 23.6 Å². The zero-order valence-corrected chi connectivity index (χ0v) is 15.0. The van der Waals surface area contributed by atoms with Crippen LogP contribution in [-0.4, -0.2) is 17.4 Å². The van der Waals surface area contributed by atoms with Gasteiger partial charge in [0, 0.05) is 17.5 Å². The highest BCUT2D eigenvalue weighted by atomic mass is 32.1. The molecule has 23 heavy (non-hydrogen) atoms. The number of nitrogens with two attached hydrogens (primary N) is 1. The number of hydrogen-bond acceptors (Lipinski definition) is 4. The SMILES string of the molecule is CC(C)c1cccc(C(C)C)c1NC(=O)c1csc(CCN)n1. The molecule has 0 atom stereocenters. The van der Waals surface area contributed by atoms with Gasteiger partial charge in [0.05, 0.1) is 5.01 Å². The molecule has 3 N–H and O–H groups in total. The third-order valence-corrected chi connectivity index (χ3v) is 4.66. The lowest BCUT2D eigenvalue weighted by Gasteiger charge is -2.19. The van der Waals surface area contributed by atoms with Gasteiger partial charge in [-0.1, -0.05) is 45.9 Å². The topological polar surface area (TPSA) is 68.0 Å². The van der Waals surface area contributed by atoms with Gasteiger partial charge in [-0.05, 0) is 29.5 Å². The summed E-state index contributed by atoms with van der Waals surface area (Å²) < 4.78 is 0. The first-order valence-corrected chi connectivity index (χ1v) is 8.90. The molecule has 2 aromatic rings. The summed E-state index contributed by atoms with van der Waals surface area (Å²) in [7, 11) is 0. The van der Waals surface area contributed by atoms with Crippen molar-refractivity contribution in [1.29, 1.82) is 0 Å². The number of hydrogen-bond donors (Lipinski definition) is 2. The van der Waals surface area contributed by atoms with E-state index in [4.69, 9.17) is 5.73 Å². The minimum Gasteiger partial charge on any atom is -0.330 e. The fraction of sp³-hybridized carbons (Fsp3) is 0.444. The third kappa shape index (κ3) is 4.18. The smallest absolute Gasteiger partial charge is 0.275 e. The lowest BCUT2D eigenvalue weighted by Crippen LogP contribution is -2.16. The Bertz CT molecular complexity index is 650. The maximum atomic E-state index is 12.6. The Labute approximate surface area is 142 Å². The average molecular weight is 331 g/mol. The first-order valence-electron chi connectivity index (χ1n) is 8.02. The van der Waals surface area contributed by atoms with Crippen LogP contribution in [0, 0.1) is 0 Å². The molecule has 0 aliphatic carbocycles. The Morgan fingerprint density at radius 2 is 1.83 bits per heavy atom. The molecule has 0 unspecified atom stereocenters. The lowest BCUT2D eigenvalue weighted by molar-refractivity contribution is 0.102. The molecule has 0 radical (unpaired) electrons. The molecule has 0 bridgehead atoms. The maximum Gasteiger partial charge on any atom is 0.275 e. The Balaban J connectivity index is 2.32. The number of benzene rings is 1. The normalized spacial score (nSPS) is 11.3. The van der Waals surface area contributed by atoms with E-state index in [1.807, 2.05) is 0 Å². The number of aromatic nitrogens is 1. The molecule has 1 aromatic carbocycles. The maximum absolute atomic E-state index is 12.6. The van der Waals surface area contributed by atoms with Crippen molar-refractivity contribution in [3.8, 4) is 0 Å². The second-order valence-corrected chi connectivity index (χ2v) is 7.18.